The molecule has 2 heterocycles. The molecular weight excluding hydrogens is 222 g/mol. The van der Waals surface area contributed by atoms with Crippen LogP contribution in [0.4, 0.5) is 5.82 Å². The SMILES string of the molecule is CC1CCN(c2cnc(CCl)cn2)C(C)C1. The number of rotatable bonds is 2. The summed E-state index contributed by atoms with van der Waals surface area (Å²) in [7, 11) is 0. The number of aromatic nitrogens is 2. The first-order valence-electron chi connectivity index (χ1n) is 5.84. The number of hydrogen-bond donors (Lipinski definition) is 0. The summed E-state index contributed by atoms with van der Waals surface area (Å²) in [6, 6.07) is 0.555. The molecule has 2 unspecified atom stereocenters. The molecule has 2 atom stereocenters. The molecule has 0 radical (unpaired) electrons. The Morgan fingerprint density at radius 1 is 1.38 bits per heavy atom. The Labute approximate surface area is 102 Å². The van der Waals surface area contributed by atoms with E-state index >= 15 is 0 Å². The van der Waals surface area contributed by atoms with Gasteiger partial charge in [0.1, 0.15) is 5.82 Å². The second-order valence-corrected chi connectivity index (χ2v) is 4.94. The lowest BCUT2D eigenvalue weighted by molar-refractivity contribution is 0.375. The summed E-state index contributed by atoms with van der Waals surface area (Å²) in [6.07, 6.45) is 6.08. The van der Waals surface area contributed by atoms with E-state index in [0.29, 0.717) is 11.9 Å². The minimum Gasteiger partial charge on any atom is -0.353 e. The van der Waals surface area contributed by atoms with Crippen molar-refractivity contribution in [2.75, 3.05) is 11.4 Å². The molecule has 0 saturated carbocycles. The van der Waals surface area contributed by atoms with Crippen LogP contribution in [-0.2, 0) is 5.88 Å². The van der Waals surface area contributed by atoms with Crippen LogP contribution in [0.25, 0.3) is 0 Å². The van der Waals surface area contributed by atoms with E-state index in [1.54, 1.807) is 6.20 Å². The highest BCUT2D eigenvalue weighted by Gasteiger charge is 2.23. The maximum absolute atomic E-state index is 5.70. The van der Waals surface area contributed by atoms with E-state index in [4.69, 9.17) is 11.6 Å². The molecule has 1 saturated heterocycles. The molecule has 4 heteroatoms. The average molecular weight is 240 g/mol. The first-order chi connectivity index (χ1) is 7.70. The number of piperidine rings is 1. The smallest absolute Gasteiger partial charge is 0.147 e. The Bertz CT molecular complexity index is 339. The minimum atomic E-state index is 0.430. The monoisotopic (exact) mass is 239 g/mol. The first-order valence-corrected chi connectivity index (χ1v) is 6.37. The van der Waals surface area contributed by atoms with Crippen molar-refractivity contribution in [2.24, 2.45) is 5.92 Å². The zero-order valence-electron chi connectivity index (χ0n) is 9.86. The summed E-state index contributed by atoms with van der Waals surface area (Å²) in [4.78, 5) is 11.1. The molecule has 1 aliphatic heterocycles. The molecule has 0 spiro atoms. The van der Waals surface area contributed by atoms with E-state index in [2.05, 4.69) is 28.7 Å². The Morgan fingerprint density at radius 3 is 2.75 bits per heavy atom. The van der Waals surface area contributed by atoms with Crippen molar-refractivity contribution in [1.82, 2.24) is 9.97 Å². The molecule has 0 aliphatic carbocycles. The maximum Gasteiger partial charge on any atom is 0.147 e. The van der Waals surface area contributed by atoms with Gasteiger partial charge in [-0.1, -0.05) is 6.92 Å². The second kappa shape index (κ2) is 5.00. The van der Waals surface area contributed by atoms with Crippen molar-refractivity contribution in [3.63, 3.8) is 0 Å². The molecule has 88 valence electrons. The van der Waals surface area contributed by atoms with E-state index in [-0.39, 0.29) is 0 Å². The molecule has 0 aromatic carbocycles. The van der Waals surface area contributed by atoms with E-state index in [1.807, 2.05) is 6.20 Å². The van der Waals surface area contributed by atoms with Crippen LogP contribution in [0.15, 0.2) is 12.4 Å². The minimum absolute atomic E-state index is 0.430. The zero-order chi connectivity index (χ0) is 11.5. The van der Waals surface area contributed by atoms with Gasteiger partial charge in [0.25, 0.3) is 0 Å². The Morgan fingerprint density at radius 2 is 2.19 bits per heavy atom. The van der Waals surface area contributed by atoms with Crippen molar-refractivity contribution in [3.05, 3.63) is 18.1 Å². The first kappa shape index (κ1) is 11.6. The van der Waals surface area contributed by atoms with Crippen molar-refractivity contribution < 1.29 is 0 Å². The van der Waals surface area contributed by atoms with Gasteiger partial charge in [0.05, 0.1) is 24.0 Å². The summed E-state index contributed by atoms with van der Waals surface area (Å²) < 4.78 is 0. The van der Waals surface area contributed by atoms with E-state index < -0.39 is 0 Å². The maximum atomic E-state index is 5.70. The standard InChI is InChI=1S/C12H18ClN3/c1-9-3-4-16(10(2)5-9)12-8-14-11(6-13)7-15-12/h7-10H,3-6H2,1-2H3. The molecule has 0 bridgehead atoms. The van der Waals surface area contributed by atoms with Gasteiger partial charge < -0.3 is 4.90 Å². The predicted octanol–water partition coefficient (Wildman–Crippen LogP) is 2.84. The molecular formula is C12H18ClN3. The molecule has 3 nitrogen and oxygen atoms in total. The van der Waals surface area contributed by atoms with Crippen molar-refractivity contribution >= 4 is 17.4 Å². The average Bonchev–Trinajstić information content (AvgIpc) is 2.29. The van der Waals surface area contributed by atoms with Crippen LogP contribution in [0.2, 0.25) is 0 Å². The summed E-state index contributed by atoms with van der Waals surface area (Å²) >= 11 is 5.70. The van der Waals surface area contributed by atoms with Crippen molar-refractivity contribution in [3.8, 4) is 0 Å². The second-order valence-electron chi connectivity index (χ2n) is 4.67. The molecule has 1 aliphatic rings. The number of alkyl halides is 1. The van der Waals surface area contributed by atoms with Crippen LogP contribution >= 0.6 is 11.6 Å². The van der Waals surface area contributed by atoms with Crippen LogP contribution in [0, 0.1) is 5.92 Å². The topological polar surface area (TPSA) is 29.0 Å². The highest BCUT2D eigenvalue weighted by atomic mass is 35.5. The van der Waals surface area contributed by atoms with Crippen LogP contribution in [0.5, 0.6) is 0 Å². The Hall–Kier alpha value is -0.830. The highest BCUT2D eigenvalue weighted by Crippen LogP contribution is 2.25. The van der Waals surface area contributed by atoms with Gasteiger partial charge in [-0.25, -0.2) is 4.98 Å². The van der Waals surface area contributed by atoms with E-state index in [0.717, 1.165) is 24.0 Å². The van der Waals surface area contributed by atoms with E-state index in [1.165, 1.54) is 12.8 Å². The molecule has 1 aromatic rings. The number of halogens is 1. The lowest BCUT2D eigenvalue weighted by Gasteiger charge is -2.37. The third kappa shape index (κ3) is 2.46. The molecule has 16 heavy (non-hydrogen) atoms. The van der Waals surface area contributed by atoms with Crippen LogP contribution < -0.4 is 4.90 Å². The van der Waals surface area contributed by atoms with Gasteiger partial charge >= 0.3 is 0 Å². The third-order valence-electron chi connectivity index (χ3n) is 3.26. The van der Waals surface area contributed by atoms with E-state index in [9.17, 15) is 0 Å². The number of nitrogens with zero attached hydrogens (tertiary/aromatic N) is 3. The Balaban J connectivity index is 2.11. The van der Waals surface area contributed by atoms with Crippen LogP contribution in [-0.4, -0.2) is 22.6 Å². The van der Waals surface area contributed by atoms with Gasteiger partial charge in [-0.2, -0.15) is 0 Å². The van der Waals surface area contributed by atoms with Gasteiger partial charge in [-0.05, 0) is 25.7 Å². The van der Waals surface area contributed by atoms with Crippen LogP contribution in [0.1, 0.15) is 32.4 Å². The molecule has 1 fully saturated rings. The van der Waals surface area contributed by atoms with Gasteiger partial charge in [0.15, 0.2) is 0 Å². The van der Waals surface area contributed by atoms with Crippen molar-refractivity contribution in [2.45, 2.75) is 38.6 Å². The Kier molecular flexibility index (Phi) is 3.64. The normalized spacial score (nSPS) is 25.8. The zero-order valence-corrected chi connectivity index (χ0v) is 10.6. The van der Waals surface area contributed by atoms with Gasteiger partial charge in [-0.3, -0.25) is 4.98 Å². The predicted molar refractivity (Wildman–Crippen MR) is 66.8 cm³/mol. The third-order valence-corrected chi connectivity index (χ3v) is 3.54. The lowest BCUT2D eigenvalue weighted by Crippen LogP contribution is -2.40. The van der Waals surface area contributed by atoms with Gasteiger partial charge in [0.2, 0.25) is 0 Å². The summed E-state index contributed by atoms with van der Waals surface area (Å²) in [5.41, 5.74) is 0.837. The summed E-state index contributed by atoms with van der Waals surface area (Å²) in [6.45, 7) is 5.65. The van der Waals surface area contributed by atoms with Gasteiger partial charge in [-0.15, -0.1) is 11.6 Å². The lowest BCUT2D eigenvalue weighted by atomic mass is 9.93. The van der Waals surface area contributed by atoms with Crippen LogP contribution in [0.3, 0.4) is 0 Å². The quantitative estimate of drug-likeness (QED) is 0.744. The molecule has 0 N–H and O–H groups in total. The highest BCUT2D eigenvalue weighted by molar-refractivity contribution is 6.16. The number of anilines is 1. The van der Waals surface area contributed by atoms with Crippen molar-refractivity contribution in [1.29, 1.82) is 0 Å². The molecule has 0 amide bonds. The fourth-order valence-electron chi connectivity index (χ4n) is 2.31. The fraction of sp³-hybridized carbons (Fsp3) is 0.667. The molecule has 1 aromatic heterocycles. The van der Waals surface area contributed by atoms with Gasteiger partial charge in [0, 0.05) is 12.6 Å². The fourth-order valence-corrected chi connectivity index (χ4v) is 2.45. The largest absolute Gasteiger partial charge is 0.353 e. The summed E-state index contributed by atoms with van der Waals surface area (Å²) in [5.74, 6) is 2.23. The molecule has 2 rings (SSSR count). The number of hydrogen-bond acceptors (Lipinski definition) is 3. The summed E-state index contributed by atoms with van der Waals surface area (Å²) in [5, 5.41) is 0.